The largest absolute Gasteiger partial charge is 0.384 e. The monoisotopic (exact) mass is 263 g/mol. The van der Waals surface area contributed by atoms with Crippen LogP contribution in [-0.4, -0.2) is 26.2 Å². The lowest BCUT2D eigenvalue weighted by Gasteiger charge is -2.13. The van der Waals surface area contributed by atoms with E-state index in [9.17, 15) is 4.79 Å². The average molecular weight is 263 g/mol. The molecule has 0 radical (unpaired) electrons. The van der Waals surface area contributed by atoms with E-state index in [1.54, 1.807) is 13.2 Å². The third-order valence-corrected chi connectivity index (χ3v) is 2.73. The van der Waals surface area contributed by atoms with Crippen molar-refractivity contribution in [3.8, 4) is 12.3 Å². The molecule has 0 aromatic carbocycles. The zero-order valence-electron chi connectivity index (χ0n) is 12.0. The molecule has 0 aliphatic rings. The number of unbranched alkanes of at least 4 members (excludes halogenated alkanes) is 2. The highest BCUT2D eigenvalue weighted by Gasteiger charge is 2.06. The smallest absolute Gasteiger partial charge is 0.243 e. The van der Waals surface area contributed by atoms with Gasteiger partial charge in [-0.1, -0.05) is 25.2 Å². The molecule has 0 heterocycles. The van der Waals surface area contributed by atoms with Gasteiger partial charge in [-0.05, 0) is 25.2 Å². The van der Waals surface area contributed by atoms with Crippen molar-refractivity contribution in [2.75, 3.05) is 20.3 Å². The summed E-state index contributed by atoms with van der Waals surface area (Å²) in [6, 6.07) is 0. The van der Waals surface area contributed by atoms with Gasteiger partial charge in [0, 0.05) is 26.2 Å². The van der Waals surface area contributed by atoms with E-state index in [1.165, 1.54) is 6.08 Å². The van der Waals surface area contributed by atoms with Gasteiger partial charge in [0.05, 0.1) is 6.61 Å². The molecule has 0 aliphatic carbocycles. The van der Waals surface area contributed by atoms with E-state index in [0.717, 1.165) is 25.7 Å². The van der Waals surface area contributed by atoms with Crippen LogP contribution < -0.4 is 5.32 Å². The van der Waals surface area contributed by atoms with Gasteiger partial charge in [0.25, 0.3) is 0 Å². The molecule has 0 aliphatic heterocycles. The Morgan fingerprint density at radius 2 is 2.26 bits per heavy atom. The summed E-state index contributed by atoms with van der Waals surface area (Å²) in [5.41, 5.74) is 0. The van der Waals surface area contributed by atoms with Gasteiger partial charge in [0.2, 0.25) is 5.91 Å². The molecule has 1 unspecified atom stereocenters. The van der Waals surface area contributed by atoms with Gasteiger partial charge in [-0.15, -0.1) is 12.3 Å². The second-order valence-electron chi connectivity index (χ2n) is 4.36. The standard InChI is InChI=1S/C16H25NO2/c1-4-6-7-8-9-10-11-12-16(18)17-13-15(5-2)14-19-3/h1,9-12,15H,5-8,13-14H2,2-3H3,(H,17,18). The Kier molecular flexibility index (Phi) is 11.9. The predicted octanol–water partition coefficient (Wildman–Crippen LogP) is 2.69. The zero-order valence-corrected chi connectivity index (χ0v) is 12.0. The molecule has 0 aromatic heterocycles. The van der Waals surface area contributed by atoms with Crippen LogP contribution in [0.25, 0.3) is 0 Å². The van der Waals surface area contributed by atoms with Crippen LogP contribution >= 0.6 is 0 Å². The van der Waals surface area contributed by atoms with Crippen LogP contribution in [0.5, 0.6) is 0 Å². The summed E-state index contributed by atoms with van der Waals surface area (Å²) in [6.45, 7) is 3.42. The van der Waals surface area contributed by atoms with E-state index in [-0.39, 0.29) is 5.91 Å². The van der Waals surface area contributed by atoms with Crippen LogP contribution in [0.15, 0.2) is 24.3 Å². The Morgan fingerprint density at radius 3 is 2.89 bits per heavy atom. The lowest BCUT2D eigenvalue weighted by molar-refractivity contribution is -0.116. The van der Waals surface area contributed by atoms with Crippen molar-refractivity contribution in [2.45, 2.75) is 32.6 Å². The molecule has 106 valence electrons. The number of amides is 1. The maximum Gasteiger partial charge on any atom is 0.243 e. The molecule has 0 saturated heterocycles. The number of hydrogen-bond acceptors (Lipinski definition) is 2. The summed E-state index contributed by atoms with van der Waals surface area (Å²) >= 11 is 0. The van der Waals surface area contributed by atoms with Crippen LogP contribution in [0.3, 0.4) is 0 Å². The summed E-state index contributed by atoms with van der Waals surface area (Å²) in [5, 5.41) is 2.86. The fraction of sp³-hybridized carbons (Fsp3) is 0.562. The van der Waals surface area contributed by atoms with Crippen molar-refractivity contribution >= 4 is 5.91 Å². The van der Waals surface area contributed by atoms with Crippen molar-refractivity contribution in [1.82, 2.24) is 5.32 Å². The Balaban J connectivity index is 3.75. The highest BCUT2D eigenvalue weighted by Crippen LogP contribution is 2.00. The maximum absolute atomic E-state index is 11.5. The Bertz CT molecular complexity index is 326. The molecule has 1 N–H and O–H groups in total. The van der Waals surface area contributed by atoms with E-state index < -0.39 is 0 Å². The van der Waals surface area contributed by atoms with Gasteiger partial charge in [0.15, 0.2) is 0 Å². The molecule has 3 heteroatoms. The van der Waals surface area contributed by atoms with Crippen molar-refractivity contribution in [3.63, 3.8) is 0 Å². The van der Waals surface area contributed by atoms with Gasteiger partial charge in [-0.25, -0.2) is 0 Å². The van der Waals surface area contributed by atoms with Gasteiger partial charge in [-0.3, -0.25) is 4.79 Å². The topological polar surface area (TPSA) is 38.3 Å². The minimum absolute atomic E-state index is 0.0668. The summed E-state index contributed by atoms with van der Waals surface area (Å²) < 4.78 is 5.08. The molecule has 3 nitrogen and oxygen atoms in total. The molecule has 0 saturated carbocycles. The molecule has 1 amide bonds. The normalized spacial score (nSPS) is 12.7. The lowest BCUT2D eigenvalue weighted by atomic mass is 10.1. The number of ether oxygens (including phenoxy) is 1. The highest BCUT2D eigenvalue weighted by atomic mass is 16.5. The second kappa shape index (κ2) is 12.9. The van der Waals surface area contributed by atoms with E-state index in [1.807, 2.05) is 12.2 Å². The quantitative estimate of drug-likeness (QED) is 0.285. The molecule has 0 rings (SSSR count). The van der Waals surface area contributed by atoms with Crippen molar-refractivity contribution in [1.29, 1.82) is 0 Å². The zero-order chi connectivity index (χ0) is 14.3. The molecule has 0 fully saturated rings. The number of rotatable bonds is 10. The summed E-state index contributed by atoms with van der Waals surface area (Å²) in [4.78, 5) is 11.5. The molecule has 19 heavy (non-hydrogen) atoms. The van der Waals surface area contributed by atoms with Crippen molar-refractivity contribution in [2.24, 2.45) is 5.92 Å². The average Bonchev–Trinajstić information content (AvgIpc) is 2.42. The number of carbonyl (C=O) groups excluding carboxylic acids is 1. The third kappa shape index (κ3) is 11.3. The molecule has 1 atom stereocenters. The molecule has 0 spiro atoms. The van der Waals surface area contributed by atoms with Crippen molar-refractivity contribution < 1.29 is 9.53 Å². The number of nitrogens with one attached hydrogen (secondary N) is 1. The number of methoxy groups -OCH3 is 1. The van der Waals surface area contributed by atoms with Crippen LogP contribution in [-0.2, 0) is 9.53 Å². The van der Waals surface area contributed by atoms with E-state index in [0.29, 0.717) is 19.1 Å². The Morgan fingerprint density at radius 1 is 1.47 bits per heavy atom. The predicted molar refractivity (Wildman–Crippen MR) is 79.6 cm³/mol. The lowest BCUT2D eigenvalue weighted by Crippen LogP contribution is -2.29. The first-order valence-corrected chi connectivity index (χ1v) is 6.78. The van der Waals surface area contributed by atoms with Gasteiger partial charge >= 0.3 is 0 Å². The molecular formula is C16H25NO2. The first kappa shape index (κ1) is 17.5. The number of terminal acetylenes is 1. The Hall–Kier alpha value is -1.53. The van der Waals surface area contributed by atoms with Gasteiger partial charge in [-0.2, -0.15) is 0 Å². The second-order valence-corrected chi connectivity index (χ2v) is 4.36. The number of carbonyl (C=O) groups is 1. The van der Waals surface area contributed by atoms with E-state index >= 15 is 0 Å². The number of allylic oxidation sites excluding steroid dienone is 3. The summed E-state index contributed by atoms with van der Waals surface area (Å²) in [5.74, 6) is 2.90. The first-order valence-electron chi connectivity index (χ1n) is 6.78. The van der Waals surface area contributed by atoms with Gasteiger partial charge in [0.1, 0.15) is 0 Å². The number of hydrogen-bond donors (Lipinski definition) is 1. The van der Waals surface area contributed by atoms with Gasteiger partial charge < -0.3 is 10.1 Å². The fourth-order valence-electron chi connectivity index (χ4n) is 1.50. The summed E-state index contributed by atoms with van der Waals surface area (Å²) in [6.07, 6.45) is 16.1. The fourth-order valence-corrected chi connectivity index (χ4v) is 1.50. The minimum Gasteiger partial charge on any atom is -0.384 e. The van der Waals surface area contributed by atoms with Crippen LogP contribution in [0, 0.1) is 18.3 Å². The van der Waals surface area contributed by atoms with E-state index in [4.69, 9.17) is 11.2 Å². The molecule has 0 bridgehead atoms. The highest BCUT2D eigenvalue weighted by molar-refractivity contribution is 5.87. The van der Waals surface area contributed by atoms with Crippen LogP contribution in [0.4, 0.5) is 0 Å². The SMILES string of the molecule is C#CCCCC=CC=CC(=O)NCC(CC)COC. The van der Waals surface area contributed by atoms with Crippen LogP contribution in [0.2, 0.25) is 0 Å². The minimum atomic E-state index is -0.0668. The third-order valence-electron chi connectivity index (χ3n) is 2.73. The molecule has 0 aromatic rings. The van der Waals surface area contributed by atoms with Crippen molar-refractivity contribution in [3.05, 3.63) is 24.3 Å². The Labute approximate surface area is 117 Å². The first-order chi connectivity index (χ1) is 9.24. The molecular weight excluding hydrogens is 238 g/mol. The maximum atomic E-state index is 11.5. The summed E-state index contributed by atoms with van der Waals surface area (Å²) in [7, 11) is 1.68. The van der Waals surface area contributed by atoms with Crippen LogP contribution in [0.1, 0.15) is 32.6 Å². The van der Waals surface area contributed by atoms with E-state index in [2.05, 4.69) is 18.2 Å².